The van der Waals surface area contributed by atoms with Crippen LogP contribution in [-0.2, 0) is 11.3 Å². The number of carbonyl (C=O) groups excluding carboxylic acids is 1. The summed E-state index contributed by atoms with van der Waals surface area (Å²) >= 11 is 5.93. The number of halogens is 1. The highest BCUT2D eigenvalue weighted by Crippen LogP contribution is 2.40. The van der Waals surface area contributed by atoms with Crippen molar-refractivity contribution in [1.29, 1.82) is 0 Å². The average Bonchev–Trinajstić information content (AvgIpc) is 3.25. The number of fused-ring (bicyclic) bond motifs is 1. The van der Waals surface area contributed by atoms with Crippen LogP contribution < -0.4 is 10.1 Å². The Bertz CT molecular complexity index is 1300. The molecule has 3 aromatic carbocycles. The van der Waals surface area contributed by atoms with E-state index in [0.717, 1.165) is 50.1 Å². The molecule has 0 unspecified atom stereocenters. The van der Waals surface area contributed by atoms with Crippen molar-refractivity contribution in [3.05, 3.63) is 94.7 Å². The summed E-state index contributed by atoms with van der Waals surface area (Å²) in [5.41, 5.74) is 6.48. The van der Waals surface area contributed by atoms with Gasteiger partial charge in [-0.1, -0.05) is 54.1 Å². The lowest BCUT2D eigenvalue weighted by Crippen LogP contribution is -2.20. The van der Waals surface area contributed by atoms with E-state index < -0.39 is 0 Å². The van der Waals surface area contributed by atoms with Gasteiger partial charge in [-0.3, -0.25) is 4.79 Å². The number of allylic oxidation sites excluding steroid dienone is 1. The van der Waals surface area contributed by atoms with Crippen molar-refractivity contribution < 1.29 is 13.9 Å². The third kappa shape index (κ3) is 4.96. The molecule has 4 nitrogen and oxygen atoms in total. The molecule has 0 bridgehead atoms. The van der Waals surface area contributed by atoms with Gasteiger partial charge in [0.15, 0.2) is 0 Å². The summed E-state index contributed by atoms with van der Waals surface area (Å²) in [4.78, 5) is 12.7. The van der Waals surface area contributed by atoms with Crippen molar-refractivity contribution in [2.24, 2.45) is 0 Å². The first-order valence-electron chi connectivity index (χ1n) is 10.9. The van der Waals surface area contributed by atoms with Crippen molar-refractivity contribution >= 4 is 34.1 Å². The van der Waals surface area contributed by atoms with E-state index in [1.165, 1.54) is 0 Å². The Morgan fingerprint density at radius 2 is 1.85 bits per heavy atom. The van der Waals surface area contributed by atoms with Crippen LogP contribution in [0.1, 0.15) is 30.5 Å². The highest BCUT2D eigenvalue weighted by atomic mass is 35.5. The number of aryl methyl sites for hydroxylation is 1. The molecule has 4 rings (SSSR count). The Balaban J connectivity index is 1.69. The lowest BCUT2D eigenvalue weighted by atomic mass is 9.96. The molecular weight excluding hydrogens is 434 g/mol. The van der Waals surface area contributed by atoms with Gasteiger partial charge < -0.3 is 14.5 Å². The number of hydrogen-bond acceptors (Lipinski definition) is 3. The summed E-state index contributed by atoms with van der Waals surface area (Å²) in [5, 5.41) is 4.60. The van der Waals surface area contributed by atoms with Gasteiger partial charge in [0.25, 0.3) is 0 Å². The molecule has 0 aliphatic rings. The lowest BCUT2D eigenvalue weighted by Gasteiger charge is -2.15. The van der Waals surface area contributed by atoms with E-state index >= 15 is 0 Å². The van der Waals surface area contributed by atoms with Crippen LogP contribution in [0.25, 0.3) is 27.7 Å². The van der Waals surface area contributed by atoms with Gasteiger partial charge in [-0.15, -0.1) is 0 Å². The molecule has 0 saturated heterocycles. The summed E-state index contributed by atoms with van der Waals surface area (Å²) in [6.45, 7) is 6.80. The van der Waals surface area contributed by atoms with Crippen LogP contribution in [-0.4, -0.2) is 12.5 Å². The zero-order valence-corrected chi connectivity index (χ0v) is 19.7. The molecule has 0 fully saturated rings. The summed E-state index contributed by atoms with van der Waals surface area (Å²) < 4.78 is 11.9. The molecule has 1 aromatic heterocycles. The molecule has 0 saturated carbocycles. The first-order chi connectivity index (χ1) is 16.0. The maximum absolute atomic E-state index is 12.7. The number of ether oxygens (including phenoxy) is 1. The molecule has 4 aromatic rings. The zero-order chi connectivity index (χ0) is 23.4. The van der Waals surface area contributed by atoms with E-state index in [4.69, 9.17) is 20.8 Å². The third-order valence-electron chi connectivity index (χ3n) is 5.57. The van der Waals surface area contributed by atoms with Crippen LogP contribution in [0.2, 0.25) is 5.02 Å². The highest BCUT2D eigenvalue weighted by Gasteiger charge is 2.19. The number of benzene rings is 3. The first kappa shape index (κ1) is 22.7. The molecule has 0 aliphatic heterocycles. The molecule has 1 amide bonds. The zero-order valence-electron chi connectivity index (χ0n) is 18.9. The third-order valence-corrected chi connectivity index (χ3v) is 5.82. The van der Waals surface area contributed by atoms with Crippen LogP contribution in [0.5, 0.6) is 5.75 Å². The smallest absolute Gasteiger partial charge is 0.244 e. The molecule has 0 atom stereocenters. The van der Waals surface area contributed by atoms with Crippen LogP contribution in [0.4, 0.5) is 0 Å². The molecule has 1 N–H and O–H groups in total. The molecule has 33 heavy (non-hydrogen) atoms. The van der Waals surface area contributed by atoms with Gasteiger partial charge in [-0.05, 0) is 55.7 Å². The van der Waals surface area contributed by atoms with Gasteiger partial charge >= 0.3 is 0 Å². The van der Waals surface area contributed by atoms with Gasteiger partial charge in [0.2, 0.25) is 5.91 Å². The van der Waals surface area contributed by atoms with Crippen LogP contribution in [0.15, 0.2) is 77.4 Å². The minimum atomic E-state index is -0.168. The standard InChI is InChI=1S/C28H26ClNO3/c1-4-32-27-19(3)28-24(25(17-33-28)21-8-6-5-7-9-21)15-23(27)18(2)14-26(31)30-16-20-10-12-22(29)13-11-20/h5-15,17H,4,16H2,1-3H3,(H,30,31)/b18-14+. The predicted octanol–water partition coefficient (Wildman–Crippen LogP) is 7.18. The summed E-state index contributed by atoms with van der Waals surface area (Å²) in [5.74, 6) is 0.566. The Kier molecular flexibility index (Phi) is 6.85. The Morgan fingerprint density at radius 1 is 1.12 bits per heavy atom. The molecule has 0 spiro atoms. The van der Waals surface area contributed by atoms with Crippen molar-refractivity contribution in [3.63, 3.8) is 0 Å². The van der Waals surface area contributed by atoms with Gasteiger partial charge in [-0.2, -0.15) is 0 Å². The monoisotopic (exact) mass is 459 g/mol. The molecule has 0 aliphatic carbocycles. The fraction of sp³-hybridized carbons (Fsp3) is 0.179. The quantitative estimate of drug-likeness (QED) is 0.298. The summed E-state index contributed by atoms with van der Waals surface area (Å²) in [6, 6.07) is 19.6. The highest BCUT2D eigenvalue weighted by molar-refractivity contribution is 6.30. The molecular formula is C28H26ClNO3. The summed E-state index contributed by atoms with van der Waals surface area (Å²) in [6.07, 6.45) is 3.39. The normalized spacial score (nSPS) is 11.6. The molecule has 168 valence electrons. The first-order valence-corrected chi connectivity index (χ1v) is 11.3. The minimum absolute atomic E-state index is 0.168. The Hall–Kier alpha value is -3.50. The second kappa shape index (κ2) is 9.97. The van der Waals surface area contributed by atoms with Crippen molar-refractivity contribution in [3.8, 4) is 16.9 Å². The maximum Gasteiger partial charge on any atom is 0.244 e. The van der Waals surface area contributed by atoms with Crippen molar-refractivity contribution in [2.45, 2.75) is 27.3 Å². The average molecular weight is 460 g/mol. The summed E-state index contributed by atoms with van der Waals surface area (Å²) in [7, 11) is 0. The van der Waals surface area contributed by atoms with E-state index in [1.54, 1.807) is 12.3 Å². The second-order valence-electron chi connectivity index (χ2n) is 7.87. The Labute approximate surface area is 198 Å². The predicted molar refractivity (Wildman–Crippen MR) is 135 cm³/mol. The van der Waals surface area contributed by atoms with Crippen LogP contribution in [0.3, 0.4) is 0 Å². The minimum Gasteiger partial charge on any atom is -0.493 e. The fourth-order valence-corrected chi connectivity index (χ4v) is 4.02. The van der Waals surface area contributed by atoms with Gasteiger partial charge in [-0.25, -0.2) is 0 Å². The van der Waals surface area contributed by atoms with Gasteiger partial charge in [0, 0.05) is 39.7 Å². The van der Waals surface area contributed by atoms with Crippen LogP contribution in [0, 0.1) is 6.92 Å². The number of rotatable bonds is 7. The number of carbonyl (C=O) groups is 1. The van der Waals surface area contributed by atoms with E-state index in [0.29, 0.717) is 18.2 Å². The number of furan rings is 1. The van der Waals surface area contributed by atoms with Crippen molar-refractivity contribution in [2.75, 3.05) is 6.61 Å². The number of nitrogens with one attached hydrogen (secondary N) is 1. The maximum atomic E-state index is 12.7. The molecule has 1 heterocycles. The largest absolute Gasteiger partial charge is 0.493 e. The number of amides is 1. The van der Waals surface area contributed by atoms with E-state index in [2.05, 4.69) is 23.5 Å². The lowest BCUT2D eigenvalue weighted by molar-refractivity contribution is -0.116. The topological polar surface area (TPSA) is 51.5 Å². The second-order valence-corrected chi connectivity index (χ2v) is 8.31. The van der Waals surface area contributed by atoms with Gasteiger partial charge in [0.1, 0.15) is 11.3 Å². The van der Waals surface area contributed by atoms with E-state index in [9.17, 15) is 4.79 Å². The SMILES string of the molecule is CCOc1c(/C(C)=C/C(=O)NCc2ccc(Cl)cc2)cc2c(-c3ccccc3)coc2c1C. The van der Waals surface area contributed by atoms with E-state index in [1.807, 2.05) is 63.2 Å². The van der Waals surface area contributed by atoms with Gasteiger partial charge in [0.05, 0.1) is 12.9 Å². The fourth-order valence-electron chi connectivity index (χ4n) is 3.90. The number of hydrogen-bond donors (Lipinski definition) is 1. The molecule has 0 radical (unpaired) electrons. The van der Waals surface area contributed by atoms with Crippen molar-refractivity contribution in [1.82, 2.24) is 5.32 Å². The Morgan fingerprint density at radius 3 is 2.55 bits per heavy atom. The van der Waals surface area contributed by atoms with Crippen LogP contribution >= 0.6 is 11.6 Å². The van der Waals surface area contributed by atoms with E-state index in [-0.39, 0.29) is 5.91 Å². The molecule has 5 heteroatoms.